The Morgan fingerprint density at radius 1 is 1.07 bits per heavy atom. The van der Waals surface area contributed by atoms with Gasteiger partial charge in [0.25, 0.3) is 10.0 Å². The molecule has 1 fully saturated rings. The van der Waals surface area contributed by atoms with E-state index in [1.165, 1.54) is 36.4 Å². The Morgan fingerprint density at radius 3 is 2.43 bits per heavy atom. The quantitative estimate of drug-likeness (QED) is 0.519. The number of benzene rings is 2. The molecule has 0 bridgehead atoms. The Labute approximate surface area is 179 Å². The Hall–Kier alpha value is -2.34. The predicted octanol–water partition coefficient (Wildman–Crippen LogP) is 5.57. The summed E-state index contributed by atoms with van der Waals surface area (Å²) in [6.07, 6.45) is 6.56. The van der Waals surface area contributed by atoms with Gasteiger partial charge in [-0.2, -0.15) is 0 Å². The number of aromatic nitrogens is 2. The molecule has 0 radical (unpaired) electrons. The Balaban J connectivity index is 1.70. The first kappa shape index (κ1) is 20.9. The van der Waals surface area contributed by atoms with Crippen molar-refractivity contribution in [2.45, 2.75) is 63.3 Å². The van der Waals surface area contributed by atoms with Crippen molar-refractivity contribution in [3.05, 3.63) is 54.4 Å². The van der Waals surface area contributed by atoms with E-state index >= 15 is 0 Å². The Kier molecular flexibility index (Phi) is 5.87. The van der Waals surface area contributed by atoms with Gasteiger partial charge in [-0.1, -0.05) is 51.3 Å². The molecule has 0 N–H and O–H groups in total. The van der Waals surface area contributed by atoms with Crippen molar-refractivity contribution in [2.75, 3.05) is 11.4 Å². The monoisotopic (exact) mass is 425 g/mol. The predicted molar refractivity (Wildman–Crippen MR) is 122 cm³/mol. The summed E-state index contributed by atoms with van der Waals surface area (Å²) in [5.41, 5.74) is 2.59. The molecule has 3 aromatic rings. The van der Waals surface area contributed by atoms with Crippen LogP contribution in [0.4, 0.5) is 5.69 Å². The van der Waals surface area contributed by atoms with Gasteiger partial charge in [0.05, 0.1) is 21.6 Å². The van der Waals surface area contributed by atoms with E-state index in [0.29, 0.717) is 22.4 Å². The van der Waals surface area contributed by atoms with Crippen LogP contribution in [-0.2, 0) is 16.6 Å². The maximum absolute atomic E-state index is 13.0. The minimum Gasteiger partial charge on any atom is -0.327 e. The lowest BCUT2D eigenvalue weighted by Gasteiger charge is -2.24. The van der Waals surface area contributed by atoms with E-state index in [2.05, 4.69) is 18.4 Å². The third-order valence-corrected chi connectivity index (χ3v) is 8.01. The van der Waals surface area contributed by atoms with Gasteiger partial charge in [0.1, 0.15) is 5.82 Å². The molecule has 0 saturated heterocycles. The zero-order chi connectivity index (χ0) is 21.3. The first-order valence-electron chi connectivity index (χ1n) is 10.9. The first-order valence-corrected chi connectivity index (χ1v) is 12.4. The highest BCUT2D eigenvalue weighted by Crippen LogP contribution is 2.31. The highest BCUT2D eigenvalue weighted by Gasteiger charge is 2.23. The third-order valence-electron chi connectivity index (χ3n) is 6.21. The van der Waals surface area contributed by atoms with Gasteiger partial charge < -0.3 is 4.57 Å². The highest BCUT2D eigenvalue weighted by molar-refractivity contribution is 7.92. The molecule has 1 saturated carbocycles. The fourth-order valence-corrected chi connectivity index (χ4v) is 5.69. The van der Waals surface area contributed by atoms with Crippen LogP contribution in [0, 0.1) is 5.92 Å². The SMILES string of the molecule is CC(C)c1nc2cc(N(C)S(=O)(=O)c3ccccc3)ccc2n1CC1CCCCC1. The lowest BCUT2D eigenvalue weighted by atomic mass is 9.89. The molecule has 0 amide bonds. The summed E-state index contributed by atoms with van der Waals surface area (Å²) in [4.78, 5) is 5.21. The van der Waals surface area contributed by atoms with Crippen molar-refractivity contribution >= 4 is 26.7 Å². The van der Waals surface area contributed by atoms with Crippen molar-refractivity contribution in [3.63, 3.8) is 0 Å². The minimum absolute atomic E-state index is 0.290. The van der Waals surface area contributed by atoms with E-state index in [-0.39, 0.29) is 0 Å². The molecule has 160 valence electrons. The van der Waals surface area contributed by atoms with Crippen LogP contribution < -0.4 is 4.31 Å². The second-order valence-corrected chi connectivity index (χ2v) is 10.7. The van der Waals surface area contributed by atoms with Crippen LogP contribution in [0.1, 0.15) is 57.7 Å². The van der Waals surface area contributed by atoms with E-state index in [0.717, 1.165) is 23.4 Å². The van der Waals surface area contributed by atoms with Gasteiger partial charge >= 0.3 is 0 Å². The van der Waals surface area contributed by atoms with Crippen LogP contribution in [0.15, 0.2) is 53.4 Å². The number of sulfonamides is 1. The summed E-state index contributed by atoms with van der Waals surface area (Å²) >= 11 is 0. The molecule has 0 atom stereocenters. The average molecular weight is 426 g/mol. The summed E-state index contributed by atoms with van der Waals surface area (Å²) in [6, 6.07) is 14.4. The van der Waals surface area contributed by atoms with Crippen LogP contribution in [0.25, 0.3) is 11.0 Å². The average Bonchev–Trinajstić information content (AvgIpc) is 3.12. The first-order chi connectivity index (χ1) is 14.4. The van der Waals surface area contributed by atoms with Crippen LogP contribution in [0.2, 0.25) is 0 Å². The summed E-state index contributed by atoms with van der Waals surface area (Å²) < 4.78 is 29.7. The van der Waals surface area contributed by atoms with E-state index in [9.17, 15) is 8.42 Å². The number of imidazole rings is 1. The number of nitrogens with zero attached hydrogens (tertiary/aromatic N) is 3. The minimum atomic E-state index is -3.60. The molecule has 4 rings (SSSR count). The van der Waals surface area contributed by atoms with Gasteiger partial charge in [-0.15, -0.1) is 0 Å². The van der Waals surface area contributed by atoms with Crippen LogP contribution in [-0.4, -0.2) is 25.0 Å². The molecule has 30 heavy (non-hydrogen) atoms. The molecule has 6 heteroatoms. The number of hydrogen-bond donors (Lipinski definition) is 0. The van der Waals surface area contributed by atoms with E-state index < -0.39 is 10.0 Å². The zero-order valence-corrected chi connectivity index (χ0v) is 18.9. The smallest absolute Gasteiger partial charge is 0.264 e. The molecule has 2 aromatic carbocycles. The number of fused-ring (bicyclic) bond motifs is 1. The normalized spacial score (nSPS) is 15.7. The summed E-state index contributed by atoms with van der Waals surface area (Å²) in [5.74, 6) is 2.10. The summed E-state index contributed by atoms with van der Waals surface area (Å²) in [6.45, 7) is 5.35. The standard InChI is InChI=1S/C24H31N3O2S/c1-18(2)24-25-22-16-20(26(3)30(28,29)21-12-8-5-9-13-21)14-15-23(22)27(24)17-19-10-6-4-7-11-19/h5,8-9,12-16,18-19H,4,6-7,10-11,17H2,1-3H3. The number of rotatable bonds is 6. The van der Waals surface area contributed by atoms with Gasteiger partial charge in [-0.25, -0.2) is 13.4 Å². The van der Waals surface area contributed by atoms with Crippen molar-refractivity contribution < 1.29 is 8.42 Å². The maximum Gasteiger partial charge on any atom is 0.264 e. The van der Waals surface area contributed by atoms with Gasteiger partial charge in [0, 0.05) is 19.5 Å². The molecule has 0 unspecified atom stereocenters. The van der Waals surface area contributed by atoms with Gasteiger partial charge in [0.2, 0.25) is 0 Å². The molecule has 1 heterocycles. The second kappa shape index (κ2) is 8.42. The molecule has 0 aliphatic heterocycles. The Bertz CT molecular complexity index is 1110. The fourth-order valence-electron chi connectivity index (χ4n) is 4.48. The summed E-state index contributed by atoms with van der Waals surface area (Å²) in [5, 5.41) is 0. The number of anilines is 1. The molecular formula is C24H31N3O2S. The van der Waals surface area contributed by atoms with Crippen LogP contribution in [0.3, 0.4) is 0 Å². The van der Waals surface area contributed by atoms with Crippen molar-refractivity contribution in [3.8, 4) is 0 Å². The lowest BCUT2D eigenvalue weighted by molar-refractivity contribution is 0.318. The van der Waals surface area contributed by atoms with Gasteiger partial charge in [0.15, 0.2) is 0 Å². The van der Waals surface area contributed by atoms with Crippen LogP contribution in [0.5, 0.6) is 0 Å². The van der Waals surface area contributed by atoms with Gasteiger partial charge in [-0.05, 0) is 49.1 Å². The number of hydrogen-bond acceptors (Lipinski definition) is 3. The maximum atomic E-state index is 13.0. The van der Waals surface area contributed by atoms with Crippen molar-refractivity contribution in [1.82, 2.24) is 9.55 Å². The van der Waals surface area contributed by atoms with Crippen LogP contribution >= 0.6 is 0 Å². The second-order valence-electron chi connectivity index (χ2n) is 8.70. The molecular weight excluding hydrogens is 394 g/mol. The molecule has 1 aliphatic carbocycles. The third kappa shape index (κ3) is 3.97. The topological polar surface area (TPSA) is 55.2 Å². The van der Waals surface area contributed by atoms with E-state index in [4.69, 9.17) is 4.98 Å². The molecule has 1 aromatic heterocycles. The largest absolute Gasteiger partial charge is 0.327 e. The zero-order valence-electron chi connectivity index (χ0n) is 18.1. The summed E-state index contributed by atoms with van der Waals surface area (Å²) in [7, 11) is -2.00. The van der Waals surface area contributed by atoms with E-state index in [1.54, 1.807) is 31.3 Å². The van der Waals surface area contributed by atoms with E-state index in [1.807, 2.05) is 24.3 Å². The Morgan fingerprint density at radius 2 is 1.77 bits per heavy atom. The van der Waals surface area contributed by atoms with Crippen molar-refractivity contribution in [2.24, 2.45) is 5.92 Å². The lowest BCUT2D eigenvalue weighted by Crippen LogP contribution is -2.26. The molecule has 5 nitrogen and oxygen atoms in total. The highest BCUT2D eigenvalue weighted by atomic mass is 32.2. The fraction of sp³-hybridized carbons (Fsp3) is 0.458. The van der Waals surface area contributed by atoms with Gasteiger partial charge in [-0.3, -0.25) is 4.31 Å². The molecule has 0 spiro atoms. The molecule has 1 aliphatic rings. The van der Waals surface area contributed by atoms with Crippen molar-refractivity contribution in [1.29, 1.82) is 0 Å².